The van der Waals surface area contributed by atoms with Gasteiger partial charge < -0.3 is 4.90 Å². The molecule has 0 saturated heterocycles. The van der Waals surface area contributed by atoms with Gasteiger partial charge in [0.2, 0.25) is 0 Å². The molecule has 0 amide bonds. The lowest BCUT2D eigenvalue weighted by atomic mass is 9.86. The Kier molecular flexibility index (Phi) is 3.58. The van der Waals surface area contributed by atoms with Crippen LogP contribution in [-0.4, -0.2) is 4.98 Å². The molecule has 2 nitrogen and oxygen atoms in total. The minimum atomic E-state index is 0.306. The largest absolute Gasteiger partial charge is 0.342 e. The lowest BCUT2D eigenvalue weighted by molar-refractivity contribution is 0.509. The van der Waals surface area contributed by atoms with Crippen molar-refractivity contribution in [3.8, 4) is 0 Å². The summed E-state index contributed by atoms with van der Waals surface area (Å²) in [7, 11) is 0. The van der Waals surface area contributed by atoms with Crippen molar-refractivity contribution in [1.82, 2.24) is 4.98 Å². The van der Waals surface area contributed by atoms with E-state index in [4.69, 9.17) is 0 Å². The Morgan fingerprint density at radius 2 is 1.61 bits per heavy atom. The second kappa shape index (κ2) is 5.88. The first kappa shape index (κ1) is 14.0. The molecule has 2 unspecified atom stereocenters. The maximum Gasteiger partial charge on any atom is 0.129 e. The van der Waals surface area contributed by atoms with Gasteiger partial charge in [0, 0.05) is 6.20 Å². The average molecular weight is 300 g/mol. The van der Waals surface area contributed by atoms with Gasteiger partial charge in [-0.1, -0.05) is 60.7 Å². The van der Waals surface area contributed by atoms with Crippen molar-refractivity contribution in [1.29, 1.82) is 0 Å². The zero-order chi connectivity index (χ0) is 15.6. The summed E-state index contributed by atoms with van der Waals surface area (Å²) in [6.45, 7) is 2.28. The van der Waals surface area contributed by atoms with Gasteiger partial charge in [-0.3, -0.25) is 0 Å². The van der Waals surface area contributed by atoms with Gasteiger partial charge in [-0.15, -0.1) is 0 Å². The van der Waals surface area contributed by atoms with Crippen molar-refractivity contribution in [2.24, 2.45) is 0 Å². The number of nitrogens with zero attached hydrogens (tertiary/aromatic N) is 2. The highest BCUT2D eigenvalue weighted by Gasteiger charge is 2.33. The second-order valence-corrected chi connectivity index (χ2v) is 6.10. The van der Waals surface area contributed by atoms with Gasteiger partial charge in [-0.25, -0.2) is 4.98 Å². The van der Waals surface area contributed by atoms with Crippen LogP contribution in [0.3, 0.4) is 0 Å². The molecule has 1 aromatic heterocycles. The summed E-state index contributed by atoms with van der Waals surface area (Å²) in [4.78, 5) is 7.08. The third-order valence-electron chi connectivity index (χ3n) is 4.77. The predicted octanol–water partition coefficient (Wildman–Crippen LogP) is 4.95. The highest BCUT2D eigenvalue weighted by molar-refractivity contribution is 5.51. The normalized spacial score (nSPS) is 20.1. The maximum atomic E-state index is 4.63. The zero-order valence-electron chi connectivity index (χ0n) is 13.3. The molecule has 0 fully saturated rings. The summed E-state index contributed by atoms with van der Waals surface area (Å²) in [5.41, 5.74) is 4.20. The fourth-order valence-electron chi connectivity index (χ4n) is 3.67. The van der Waals surface area contributed by atoms with E-state index >= 15 is 0 Å². The maximum absolute atomic E-state index is 4.63. The molecule has 2 heteroatoms. The predicted molar refractivity (Wildman–Crippen MR) is 94.5 cm³/mol. The molecule has 0 aliphatic carbocycles. The van der Waals surface area contributed by atoms with Gasteiger partial charge in [0.05, 0.1) is 12.1 Å². The quantitative estimate of drug-likeness (QED) is 0.666. The second-order valence-electron chi connectivity index (χ2n) is 6.10. The molecule has 0 spiro atoms. The first-order valence-corrected chi connectivity index (χ1v) is 8.17. The van der Waals surface area contributed by atoms with E-state index < -0.39 is 0 Å². The Morgan fingerprint density at radius 1 is 0.870 bits per heavy atom. The van der Waals surface area contributed by atoms with E-state index in [0.29, 0.717) is 12.1 Å². The molecule has 1 aliphatic rings. The van der Waals surface area contributed by atoms with E-state index in [1.165, 1.54) is 16.7 Å². The Labute approximate surface area is 137 Å². The third kappa shape index (κ3) is 2.50. The number of anilines is 1. The van der Waals surface area contributed by atoms with E-state index in [0.717, 1.165) is 12.2 Å². The first-order valence-electron chi connectivity index (χ1n) is 8.17. The van der Waals surface area contributed by atoms with Crippen LogP contribution in [0.5, 0.6) is 0 Å². The molecular formula is C21H20N2. The highest BCUT2D eigenvalue weighted by atomic mass is 15.2. The summed E-state index contributed by atoms with van der Waals surface area (Å²) in [5.74, 6) is 1.04. The fourth-order valence-corrected chi connectivity index (χ4v) is 3.67. The number of fused-ring (bicyclic) bond motifs is 1. The van der Waals surface area contributed by atoms with Crippen molar-refractivity contribution >= 4 is 5.82 Å². The first-order chi connectivity index (χ1) is 11.3. The highest BCUT2D eigenvalue weighted by Crippen LogP contribution is 2.42. The summed E-state index contributed by atoms with van der Waals surface area (Å²) < 4.78 is 0. The van der Waals surface area contributed by atoms with Crippen molar-refractivity contribution in [3.05, 3.63) is 95.7 Å². The number of hydrogen-bond donors (Lipinski definition) is 0. The van der Waals surface area contributed by atoms with Crippen molar-refractivity contribution in [3.63, 3.8) is 0 Å². The van der Waals surface area contributed by atoms with E-state index in [9.17, 15) is 0 Å². The monoisotopic (exact) mass is 300 g/mol. The SMILES string of the molecule is CC1c2ccccc2CC(c2ccccc2)N1c1ccccn1. The van der Waals surface area contributed by atoms with Crippen LogP contribution in [0.2, 0.25) is 0 Å². The van der Waals surface area contributed by atoms with Crippen LogP contribution in [0, 0.1) is 0 Å². The van der Waals surface area contributed by atoms with Crippen LogP contribution in [0.1, 0.15) is 35.7 Å². The van der Waals surface area contributed by atoms with E-state index in [1.54, 1.807) is 0 Å². The zero-order valence-corrected chi connectivity index (χ0v) is 13.3. The van der Waals surface area contributed by atoms with E-state index in [1.807, 2.05) is 12.3 Å². The summed E-state index contributed by atoms with van der Waals surface area (Å²) in [5, 5.41) is 0. The van der Waals surface area contributed by atoms with Gasteiger partial charge in [0.25, 0.3) is 0 Å². The molecule has 0 radical (unpaired) electrons. The number of pyridine rings is 1. The van der Waals surface area contributed by atoms with Crippen LogP contribution in [0.4, 0.5) is 5.82 Å². The van der Waals surface area contributed by atoms with Gasteiger partial charge in [-0.2, -0.15) is 0 Å². The molecule has 1 aliphatic heterocycles. The number of rotatable bonds is 2. The molecule has 0 N–H and O–H groups in total. The molecule has 0 bridgehead atoms. The number of benzene rings is 2. The summed E-state index contributed by atoms with van der Waals surface area (Å²) in [6.07, 6.45) is 2.89. The van der Waals surface area contributed by atoms with Gasteiger partial charge in [0.1, 0.15) is 5.82 Å². The van der Waals surface area contributed by atoms with Crippen LogP contribution in [0.15, 0.2) is 79.0 Å². The van der Waals surface area contributed by atoms with Gasteiger partial charge in [-0.05, 0) is 42.2 Å². The van der Waals surface area contributed by atoms with Crippen LogP contribution in [0.25, 0.3) is 0 Å². The minimum absolute atomic E-state index is 0.306. The standard InChI is InChI=1S/C21H20N2/c1-16-19-12-6-5-11-18(19)15-20(17-9-3-2-4-10-17)23(16)21-13-7-8-14-22-21/h2-14,16,20H,15H2,1H3. The Balaban J connectivity index is 1.85. The molecule has 3 aromatic rings. The Morgan fingerprint density at radius 3 is 2.39 bits per heavy atom. The molecule has 2 aromatic carbocycles. The van der Waals surface area contributed by atoms with Crippen LogP contribution in [-0.2, 0) is 6.42 Å². The smallest absolute Gasteiger partial charge is 0.129 e. The average Bonchev–Trinajstić information content (AvgIpc) is 2.63. The fraction of sp³-hybridized carbons (Fsp3) is 0.190. The molecule has 0 saturated carbocycles. The number of aromatic nitrogens is 1. The molecule has 2 atom stereocenters. The Bertz CT molecular complexity index is 783. The topological polar surface area (TPSA) is 16.1 Å². The lowest BCUT2D eigenvalue weighted by Crippen LogP contribution is -2.37. The van der Waals surface area contributed by atoms with Crippen LogP contribution >= 0.6 is 0 Å². The summed E-state index contributed by atoms with van der Waals surface area (Å²) in [6, 6.07) is 26.3. The van der Waals surface area contributed by atoms with E-state index in [2.05, 4.69) is 83.5 Å². The molecule has 2 heterocycles. The van der Waals surface area contributed by atoms with Crippen molar-refractivity contribution in [2.75, 3.05) is 4.90 Å². The lowest BCUT2D eigenvalue weighted by Gasteiger charge is -2.43. The van der Waals surface area contributed by atoms with Gasteiger partial charge in [0.15, 0.2) is 0 Å². The Hall–Kier alpha value is -2.61. The van der Waals surface area contributed by atoms with Gasteiger partial charge >= 0.3 is 0 Å². The number of hydrogen-bond acceptors (Lipinski definition) is 2. The van der Waals surface area contributed by atoms with Crippen molar-refractivity contribution < 1.29 is 0 Å². The molecular weight excluding hydrogens is 280 g/mol. The minimum Gasteiger partial charge on any atom is -0.342 e. The third-order valence-corrected chi connectivity index (χ3v) is 4.77. The molecule has 114 valence electrons. The molecule has 4 rings (SSSR count). The van der Waals surface area contributed by atoms with Crippen LogP contribution < -0.4 is 4.90 Å². The van der Waals surface area contributed by atoms with E-state index in [-0.39, 0.29) is 0 Å². The molecule has 23 heavy (non-hydrogen) atoms. The summed E-state index contributed by atoms with van der Waals surface area (Å²) >= 11 is 0. The van der Waals surface area contributed by atoms with Crippen molar-refractivity contribution in [2.45, 2.75) is 25.4 Å².